The van der Waals surface area contributed by atoms with E-state index in [9.17, 15) is 9.59 Å². The maximum atomic E-state index is 13.1. The topological polar surface area (TPSA) is 104 Å². The maximum Gasteiger partial charge on any atom is 0.241 e. The highest BCUT2D eigenvalue weighted by atomic mass is 32.2. The molecule has 4 rings (SSSR count). The summed E-state index contributed by atoms with van der Waals surface area (Å²) in [6, 6.07) is 14.5. The molecule has 0 bridgehead atoms. The second kappa shape index (κ2) is 9.38. The number of amidine groups is 1. The number of aliphatic imine (C=N–C) groups is 1. The molecule has 2 amide bonds. The minimum Gasteiger partial charge on any atom is -0.497 e. The fourth-order valence-corrected chi connectivity index (χ4v) is 4.24. The zero-order valence-electron chi connectivity index (χ0n) is 17.1. The Morgan fingerprint density at radius 3 is 2.58 bits per heavy atom. The SMILES string of the molecule is COc1cc(NC(=O)CSC2=NC3NNCC3C(=O)N2c2ccccc2)cc(OC)c1. The molecule has 2 atom stereocenters. The van der Waals surface area contributed by atoms with Crippen molar-refractivity contribution in [2.75, 3.05) is 36.7 Å². The summed E-state index contributed by atoms with van der Waals surface area (Å²) in [5.41, 5.74) is 7.29. The van der Waals surface area contributed by atoms with Crippen molar-refractivity contribution < 1.29 is 19.1 Å². The number of hydrogen-bond acceptors (Lipinski definition) is 8. The van der Waals surface area contributed by atoms with Crippen LogP contribution in [0.2, 0.25) is 0 Å². The van der Waals surface area contributed by atoms with Gasteiger partial charge in [0.05, 0.1) is 31.6 Å². The second-order valence-electron chi connectivity index (χ2n) is 6.94. The molecule has 10 heteroatoms. The lowest BCUT2D eigenvalue weighted by molar-refractivity contribution is -0.121. The van der Waals surface area contributed by atoms with Crippen LogP contribution in [0.5, 0.6) is 11.5 Å². The molecule has 9 nitrogen and oxygen atoms in total. The Kier molecular flexibility index (Phi) is 6.40. The van der Waals surface area contributed by atoms with Crippen LogP contribution in [0.4, 0.5) is 11.4 Å². The Hall–Kier alpha value is -3.08. The third-order valence-electron chi connectivity index (χ3n) is 4.91. The molecule has 2 aromatic carbocycles. The number of amides is 2. The molecule has 0 aromatic heterocycles. The van der Waals surface area contributed by atoms with Gasteiger partial charge in [-0.15, -0.1) is 0 Å². The summed E-state index contributed by atoms with van der Waals surface area (Å²) in [4.78, 5) is 32.0. The highest BCUT2D eigenvalue weighted by Gasteiger charge is 2.42. The van der Waals surface area contributed by atoms with E-state index in [1.165, 1.54) is 11.8 Å². The van der Waals surface area contributed by atoms with Gasteiger partial charge in [0.1, 0.15) is 17.7 Å². The van der Waals surface area contributed by atoms with Crippen molar-refractivity contribution in [2.45, 2.75) is 6.17 Å². The molecule has 0 saturated carbocycles. The molecule has 31 heavy (non-hydrogen) atoms. The van der Waals surface area contributed by atoms with Crippen LogP contribution in [-0.2, 0) is 9.59 Å². The molecular formula is C21H23N5O4S. The van der Waals surface area contributed by atoms with Gasteiger partial charge in [-0.2, -0.15) is 0 Å². The maximum absolute atomic E-state index is 13.1. The normalized spacial score (nSPS) is 20.1. The van der Waals surface area contributed by atoms with Crippen molar-refractivity contribution in [2.24, 2.45) is 10.9 Å². The lowest BCUT2D eigenvalue weighted by atomic mass is 10.1. The number of methoxy groups -OCH3 is 2. The van der Waals surface area contributed by atoms with Gasteiger partial charge in [-0.05, 0) is 12.1 Å². The number of para-hydroxylation sites is 1. The number of rotatable bonds is 6. The highest BCUT2D eigenvalue weighted by molar-refractivity contribution is 8.14. The Bertz CT molecular complexity index is 978. The third kappa shape index (κ3) is 4.66. The van der Waals surface area contributed by atoms with E-state index in [0.29, 0.717) is 28.9 Å². The van der Waals surface area contributed by atoms with E-state index in [1.807, 2.05) is 30.3 Å². The summed E-state index contributed by atoms with van der Waals surface area (Å²) in [5, 5.41) is 3.32. The van der Waals surface area contributed by atoms with Crippen LogP contribution in [0, 0.1) is 5.92 Å². The first-order valence-electron chi connectivity index (χ1n) is 9.70. The lowest BCUT2D eigenvalue weighted by Crippen LogP contribution is -2.49. The van der Waals surface area contributed by atoms with E-state index in [4.69, 9.17) is 9.47 Å². The Balaban J connectivity index is 1.49. The number of anilines is 2. The van der Waals surface area contributed by atoms with Gasteiger partial charge in [-0.1, -0.05) is 30.0 Å². The average molecular weight is 442 g/mol. The van der Waals surface area contributed by atoms with Crippen LogP contribution in [0.1, 0.15) is 0 Å². The number of benzene rings is 2. The minimum atomic E-state index is -0.347. The predicted molar refractivity (Wildman–Crippen MR) is 120 cm³/mol. The first-order chi connectivity index (χ1) is 15.1. The van der Waals surface area contributed by atoms with Crippen molar-refractivity contribution in [1.29, 1.82) is 0 Å². The standard InChI is InChI=1S/C21H23N5O4S/c1-29-15-8-13(9-16(10-15)30-2)23-18(27)12-31-21-24-19-17(11-22-25-19)20(28)26(21)14-6-4-3-5-7-14/h3-10,17,19,22,25H,11-12H2,1-2H3,(H,23,27). The fourth-order valence-electron chi connectivity index (χ4n) is 3.39. The zero-order valence-corrected chi connectivity index (χ0v) is 17.9. The van der Waals surface area contributed by atoms with Crippen LogP contribution >= 0.6 is 11.8 Å². The van der Waals surface area contributed by atoms with Gasteiger partial charge in [0, 0.05) is 30.4 Å². The molecule has 2 unspecified atom stereocenters. The number of nitrogens with zero attached hydrogens (tertiary/aromatic N) is 2. The highest BCUT2D eigenvalue weighted by Crippen LogP contribution is 2.30. The summed E-state index contributed by atoms with van der Waals surface area (Å²) in [6.45, 7) is 0.506. The number of carbonyl (C=O) groups excluding carboxylic acids is 2. The van der Waals surface area contributed by atoms with Crippen LogP contribution in [0.15, 0.2) is 53.5 Å². The van der Waals surface area contributed by atoms with Crippen LogP contribution in [-0.4, -0.2) is 49.7 Å². The zero-order chi connectivity index (χ0) is 21.8. The van der Waals surface area contributed by atoms with E-state index < -0.39 is 0 Å². The van der Waals surface area contributed by atoms with Crippen LogP contribution in [0.25, 0.3) is 0 Å². The summed E-state index contributed by atoms with van der Waals surface area (Å²) in [5.74, 6) is 0.658. The summed E-state index contributed by atoms with van der Waals surface area (Å²) in [6.07, 6.45) is -0.347. The monoisotopic (exact) mass is 441 g/mol. The molecule has 2 heterocycles. The van der Waals surface area contributed by atoms with Crippen LogP contribution in [0.3, 0.4) is 0 Å². The van der Waals surface area contributed by atoms with E-state index in [-0.39, 0.29) is 29.7 Å². The smallest absolute Gasteiger partial charge is 0.241 e. The van der Waals surface area contributed by atoms with Gasteiger partial charge in [-0.25, -0.2) is 10.4 Å². The number of fused-ring (bicyclic) bond motifs is 1. The molecule has 0 aliphatic carbocycles. The number of hydrazine groups is 1. The molecule has 0 radical (unpaired) electrons. The number of hydrogen-bond donors (Lipinski definition) is 3. The molecule has 1 saturated heterocycles. The van der Waals surface area contributed by atoms with Gasteiger partial charge in [-0.3, -0.25) is 19.9 Å². The summed E-state index contributed by atoms with van der Waals surface area (Å²) >= 11 is 1.21. The Morgan fingerprint density at radius 1 is 1.19 bits per heavy atom. The quantitative estimate of drug-likeness (QED) is 0.628. The molecule has 0 spiro atoms. The van der Waals surface area contributed by atoms with Crippen molar-refractivity contribution in [3.05, 3.63) is 48.5 Å². The molecule has 162 valence electrons. The van der Waals surface area contributed by atoms with E-state index in [1.54, 1.807) is 37.3 Å². The summed E-state index contributed by atoms with van der Waals surface area (Å²) in [7, 11) is 3.09. The van der Waals surface area contributed by atoms with Gasteiger partial charge >= 0.3 is 0 Å². The molecule has 2 aliphatic rings. The average Bonchev–Trinajstić information content (AvgIpc) is 3.27. The largest absolute Gasteiger partial charge is 0.497 e. The fraction of sp³-hybridized carbons (Fsp3) is 0.286. The number of carbonyl (C=O) groups is 2. The van der Waals surface area contributed by atoms with Gasteiger partial charge in [0.2, 0.25) is 11.8 Å². The third-order valence-corrected chi connectivity index (χ3v) is 5.87. The molecule has 1 fully saturated rings. The molecule has 2 aromatic rings. The van der Waals surface area contributed by atoms with Crippen molar-refractivity contribution >= 4 is 40.1 Å². The van der Waals surface area contributed by atoms with Crippen LogP contribution < -0.4 is 30.5 Å². The minimum absolute atomic E-state index is 0.0517. The molecular weight excluding hydrogens is 418 g/mol. The second-order valence-corrected chi connectivity index (χ2v) is 7.88. The first kappa shape index (κ1) is 21.2. The predicted octanol–water partition coefficient (Wildman–Crippen LogP) is 1.83. The van der Waals surface area contributed by atoms with E-state index in [2.05, 4.69) is 21.2 Å². The number of nitrogens with one attached hydrogen (secondary N) is 3. The Morgan fingerprint density at radius 2 is 1.90 bits per heavy atom. The Labute approximate surface area is 184 Å². The van der Waals surface area contributed by atoms with Gasteiger partial charge in [0.25, 0.3) is 0 Å². The number of thioether (sulfide) groups is 1. The van der Waals surface area contributed by atoms with Crippen molar-refractivity contribution in [1.82, 2.24) is 10.9 Å². The molecule has 2 aliphatic heterocycles. The van der Waals surface area contributed by atoms with Gasteiger partial charge in [0.15, 0.2) is 5.17 Å². The van der Waals surface area contributed by atoms with E-state index in [0.717, 1.165) is 5.69 Å². The summed E-state index contributed by atoms with van der Waals surface area (Å²) < 4.78 is 10.5. The first-order valence-corrected chi connectivity index (χ1v) is 10.7. The molecule has 3 N–H and O–H groups in total. The van der Waals surface area contributed by atoms with Gasteiger partial charge < -0.3 is 14.8 Å². The van der Waals surface area contributed by atoms with Crippen molar-refractivity contribution in [3.8, 4) is 11.5 Å². The van der Waals surface area contributed by atoms with E-state index >= 15 is 0 Å². The lowest BCUT2D eigenvalue weighted by Gasteiger charge is -2.32. The van der Waals surface area contributed by atoms with Crippen molar-refractivity contribution in [3.63, 3.8) is 0 Å². The number of ether oxygens (including phenoxy) is 2.